The Balaban J connectivity index is 2.92. The van der Waals surface area contributed by atoms with Crippen molar-refractivity contribution in [1.82, 2.24) is 0 Å². The first-order chi connectivity index (χ1) is 7.06. The van der Waals surface area contributed by atoms with Crippen LogP contribution in [0.3, 0.4) is 0 Å². The highest BCUT2D eigenvalue weighted by molar-refractivity contribution is 9.10. The molecule has 0 bridgehead atoms. The molecule has 1 atom stereocenters. The summed E-state index contributed by atoms with van der Waals surface area (Å²) in [6, 6.07) is 4.87. The minimum absolute atomic E-state index is 0.00386. The molecule has 0 aliphatic carbocycles. The lowest BCUT2D eigenvalue weighted by Crippen LogP contribution is -2.12. The molecule has 0 fully saturated rings. The predicted octanol–water partition coefficient (Wildman–Crippen LogP) is 3.32. The average molecular weight is 273 g/mol. The highest BCUT2D eigenvalue weighted by Gasteiger charge is 2.14. The van der Waals surface area contributed by atoms with Gasteiger partial charge >= 0.3 is 0 Å². The van der Waals surface area contributed by atoms with E-state index in [1.54, 1.807) is 12.1 Å². The second-order valence-electron chi connectivity index (χ2n) is 3.63. The molecular weight excluding hydrogens is 259 g/mol. The monoisotopic (exact) mass is 272 g/mol. The summed E-state index contributed by atoms with van der Waals surface area (Å²) in [4.78, 5) is 0. The van der Waals surface area contributed by atoms with E-state index in [9.17, 15) is 4.39 Å². The summed E-state index contributed by atoms with van der Waals surface area (Å²) in [5.41, 5.74) is 1.47. The van der Waals surface area contributed by atoms with Gasteiger partial charge in [0.1, 0.15) is 5.82 Å². The van der Waals surface area contributed by atoms with E-state index in [2.05, 4.69) is 22.5 Å². The first-order valence-corrected chi connectivity index (χ1v) is 5.54. The van der Waals surface area contributed by atoms with Crippen LogP contribution in [0.2, 0.25) is 0 Å². The van der Waals surface area contributed by atoms with Gasteiger partial charge in [-0.1, -0.05) is 34.1 Å². The van der Waals surface area contributed by atoms with Crippen LogP contribution in [0.25, 0.3) is 0 Å². The van der Waals surface area contributed by atoms with Crippen molar-refractivity contribution in [3.8, 4) is 0 Å². The fraction of sp³-hybridized carbons (Fsp3) is 0.333. The molecule has 0 heterocycles. The van der Waals surface area contributed by atoms with Crippen LogP contribution in [0.15, 0.2) is 34.8 Å². The highest BCUT2D eigenvalue weighted by atomic mass is 79.9. The Bertz CT molecular complexity index is 342. The van der Waals surface area contributed by atoms with E-state index < -0.39 is 0 Å². The Kier molecular flexibility index (Phi) is 4.48. The zero-order chi connectivity index (χ0) is 11.4. The molecule has 3 heteroatoms. The van der Waals surface area contributed by atoms with Crippen LogP contribution in [-0.4, -0.2) is 11.7 Å². The third-order valence-corrected chi connectivity index (χ3v) is 3.17. The Hall–Kier alpha value is -0.670. The van der Waals surface area contributed by atoms with Gasteiger partial charge in [0, 0.05) is 22.6 Å². The summed E-state index contributed by atoms with van der Waals surface area (Å²) in [5, 5.41) is 9.14. The summed E-state index contributed by atoms with van der Waals surface area (Å²) in [6.07, 6.45) is 0.471. The van der Waals surface area contributed by atoms with Crippen molar-refractivity contribution in [3.63, 3.8) is 0 Å². The van der Waals surface area contributed by atoms with E-state index in [1.165, 1.54) is 6.07 Å². The van der Waals surface area contributed by atoms with Crippen LogP contribution < -0.4 is 0 Å². The number of halogens is 2. The molecule has 1 aromatic rings. The molecule has 1 N–H and O–H groups in total. The van der Waals surface area contributed by atoms with Gasteiger partial charge in [-0.2, -0.15) is 0 Å². The Morgan fingerprint density at radius 3 is 2.73 bits per heavy atom. The number of hydrogen-bond acceptors (Lipinski definition) is 1. The van der Waals surface area contributed by atoms with Crippen molar-refractivity contribution in [2.75, 3.05) is 6.61 Å². The molecule has 82 valence electrons. The molecule has 0 radical (unpaired) electrons. The van der Waals surface area contributed by atoms with E-state index in [-0.39, 0.29) is 18.3 Å². The van der Waals surface area contributed by atoms with Crippen LogP contribution >= 0.6 is 15.9 Å². The third-order valence-electron chi connectivity index (χ3n) is 2.43. The minimum atomic E-state index is -0.246. The van der Waals surface area contributed by atoms with Crippen molar-refractivity contribution in [3.05, 3.63) is 46.2 Å². The van der Waals surface area contributed by atoms with Crippen LogP contribution in [0, 0.1) is 11.7 Å². The lowest BCUT2D eigenvalue weighted by molar-refractivity contribution is 0.245. The highest BCUT2D eigenvalue weighted by Crippen LogP contribution is 2.24. The summed E-state index contributed by atoms with van der Waals surface area (Å²) in [7, 11) is 0. The zero-order valence-corrected chi connectivity index (χ0v) is 10.2. The smallest absolute Gasteiger partial charge is 0.127 e. The summed E-state index contributed by atoms with van der Waals surface area (Å²) < 4.78 is 14.2. The van der Waals surface area contributed by atoms with E-state index in [0.717, 1.165) is 10.0 Å². The third kappa shape index (κ3) is 3.14. The molecule has 0 saturated heterocycles. The summed E-state index contributed by atoms with van der Waals surface area (Å²) in [5.74, 6) is -0.331. The van der Waals surface area contributed by atoms with Crippen LogP contribution in [0.1, 0.15) is 12.5 Å². The van der Waals surface area contributed by atoms with E-state index >= 15 is 0 Å². The van der Waals surface area contributed by atoms with Gasteiger partial charge in [0.15, 0.2) is 0 Å². The predicted molar refractivity (Wildman–Crippen MR) is 63.2 cm³/mol. The number of rotatable bonds is 4. The summed E-state index contributed by atoms with van der Waals surface area (Å²) >= 11 is 3.30. The maximum absolute atomic E-state index is 13.5. The zero-order valence-electron chi connectivity index (χ0n) is 8.63. The second-order valence-corrected chi connectivity index (χ2v) is 4.48. The molecule has 0 saturated carbocycles. The largest absolute Gasteiger partial charge is 0.396 e. The second kappa shape index (κ2) is 5.42. The standard InChI is InChI=1S/C12H14BrFO/c1-8(2)9(7-15)6-10-11(13)4-3-5-12(10)14/h3-5,9,15H,1,6-7H2,2H3/t9-/m1/s1. The maximum Gasteiger partial charge on any atom is 0.127 e. The van der Waals surface area contributed by atoms with Crippen LogP contribution in [0.5, 0.6) is 0 Å². The molecule has 0 aromatic heterocycles. The van der Waals surface area contributed by atoms with Gasteiger partial charge in [0.25, 0.3) is 0 Å². The first-order valence-electron chi connectivity index (χ1n) is 4.75. The number of hydrogen-bond donors (Lipinski definition) is 1. The van der Waals surface area contributed by atoms with Crippen molar-refractivity contribution in [2.45, 2.75) is 13.3 Å². The van der Waals surface area contributed by atoms with E-state index in [1.807, 2.05) is 6.92 Å². The quantitative estimate of drug-likeness (QED) is 0.834. The number of benzene rings is 1. The maximum atomic E-state index is 13.5. The normalized spacial score (nSPS) is 12.5. The van der Waals surface area contributed by atoms with Gasteiger partial charge < -0.3 is 5.11 Å². The van der Waals surface area contributed by atoms with Gasteiger partial charge in [0.2, 0.25) is 0 Å². The van der Waals surface area contributed by atoms with Gasteiger partial charge in [-0.05, 0) is 25.5 Å². The molecule has 0 unspecified atom stereocenters. The van der Waals surface area contributed by atoms with Crippen LogP contribution in [0.4, 0.5) is 4.39 Å². The molecule has 0 spiro atoms. The molecule has 15 heavy (non-hydrogen) atoms. The number of aliphatic hydroxyl groups is 1. The van der Waals surface area contributed by atoms with Gasteiger partial charge in [0.05, 0.1) is 0 Å². The van der Waals surface area contributed by atoms with Crippen molar-refractivity contribution >= 4 is 15.9 Å². The van der Waals surface area contributed by atoms with Gasteiger partial charge in [-0.25, -0.2) is 4.39 Å². The molecule has 1 nitrogen and oxygen atoms in total. The van der Waals surface area contributed by atoms with E-state index in [4.69, 9.17) is 5.11 Å². The molecule has 0 aliphatic heterocycles. The number of aliphatic hydroxyl groups excluding tert-OH is 1. The first kappa shape index (κ1) is 12.4. The fourth-order valence-corrected chi connectivity index (χ4v) is 1.87. The molecule has 0 amide bonds. The van der Waals surface area contributed by atoms with Crippen LogP contribution in [-0.2, 0) is 6.42 Å². The Morgan fingerprint density at radius 1 is 1.60 bits per heavy atom. The average Bonchev–Trinajstić information content (AvgIpc) is 2.17. The molecule has 1 rings (SSSR count). The molecule has 1 aromatic carbocycles. The Labute approximate surface area is 97.8 Å². The van der Waals surface area contributed by atoms with E-state index in [0.29, 0.717) is 12.0 Å². The van der Waals surface area contributed by atoms with Crippen molar-refractivity contribution in [2.24, 2.45) is 5.92 Å². The van der Waals surface area contributed by atoms with Crippen molar-refractivity contribution in [1.29, 1.82) is 0 Å². The van der Waals surface area contributed by atoms with Gasteiger partial charge in [-0.3, -0.25) is 0 Å². The SMILES string of the molecule is C=C(C)[C@@H](CO)Cc1c(F)cccc1Br. The molecule has 0 aliphatic rings. The lowest BCUT2D eigenvalue weighted by atomic mass is 9.94. The fourth-order valence-electron chi connectivity index (χ4n) is 1.37. The Morgan fingerprint density at radius 2 is 2.27 bits per heavy atom. The summed E-state index contributed by atoms with van der Waals surface area (Å²) in [6.45, 7) is 5.62. The molecular formula is C12H14BrFO. The minimum Gasteiger partial charge on any atom is -0.396 e. The van der Waals surface area contributed by atoms with Gasteiger partial charge in [-0.15, -0.1) is 0 Å². The lowest BCUT2D eigenvalue weighted by Gasteiger charge is -2.15. The van der Waals surface area contributed by atoms with Crippen molar-refractivity contribution < 1.29 is 9.50 Å². The topological polar surface area (TPSA) is 20.2 Å².